The minimum atomic E-state index is -0.0714. The van der Waals surface area contributed by atoms with E-state index in [4.69, 9.17) is 9.63 Å². The topological polar surface area (TPSA) is 75.4 Å². The van der Waals surface area contributed by atoms with E-state index in [2.05, 4.69) is 10.5 Å². The zero-order valence-corrected chi connectivity index (χ0v) is 9.04. The van der Waals surface area contributed by atoms with Crippen molar-refractivity contribution in [3.8, 4) is 0 Å². The lowest BCUT2D eigenvalue weighted by Gasteiger charge is -2.03. The lowest BCUT2D eigenvalue weighted by atomic mass is 10.1. The van der Waals surface area contributed by atoms with Gasteiger partial charge in [0, 0.05) is 18.7 Å². The van der Waals surface area contributed by atoms with Gasteiger partial charge in [-0.25, -0.2) is 0 Å². The first-order valence-electron chi connectivity index (χ1n) is 4.94. The van der Waals surface area contributed by atoms with Gasteiger partial charge in [-0.1, -0.05) is 5.16 Å². The highest BCUT2D eigenvalue weighted by atomic mass is 16.5. The molecule has 0 saturated carbocycles. The maximum absolute atomic E-state index is 11.4. The molecule has 15 heavy (non-hydrogen) atoms. The normalized spacial score (nSPS) is 10.3. The molecule has 2 N–H and O–H groups in total. The Morgan fingerprint density at radius 3 is 2.80 bits per heavy atom. The highest BCUT2D eigenvalue weighted by molar-refractivity contribution is 5.78. The fraction of sp³-hybridized carbons (Fsp3) is 0.600. The van der Waals surface area contributed by atoms with E-state index >= 15 is 0 Å². The molecule has 0 unspecified atom stereocenters. The number of hydrogen-bond acceptors (Lipinski definition) is 4. The van der Waals surface area contributed by atoms with Crippen LogP contribution in [0.2, 0.25) is 0 Å². The molecule has 0 aliphatic rings. The number of amides is 1. The van der Waals surface area contributed by atoms with Gasteiger partial charge in [-0.05, 0) is 20.3 Å². The lowest BCUT2D eigenvalue weighted by Crippen LogP contribution is -2.26. The molecule has 0 aliphatic carbocycles. The minimum absolute atomic E-state index is 0.0714. The molecule has 0 aliphatic heterocycles. The smallest absolute Gasteiger partial charge is 0.224 e. The number of carbonyl (C=O) groups excluding carboxylic acids is 1. The summed E-state index contributed by atoms with van der Waals surface area (Å²) in [6, 6.07) is 0. The first-order chi connectivity index (χ1) is 7.15. The number of nitrogens with zero attached hydrogens (tertiary/aromatic N) is 1. The molecule has 5 heteroatoms. The van der Waals surface area contributed by atoms with Gasteiger partial charge >= 0.3 is 0 Å². The van der Waals surface area contributed by atoms with Gasteiger partial charge in [0.25, 0.3) is 0 Å². The van der Waals surface area contributed by atoms with Crippen LogP contribution in [0.25, 0.3) is 0 Å². The van der Waals surface area contributed by atoms with Crippen LogP contribution in [0.5, 0.6) is 0 Å². The van der Waals surface area contributed by atoms with E-state index in [-0.39, 0.29) is 18.9 Å². The van der Waals surface area contributed by atoms with Gasteiger partial charge in [0.15, 0.2) is 0 Å². The van der Waals surface area contributed by atoms with Crippen LogP contribution >= 0.6 is 0 Å². The van der Waals surface area contributed by atoms with Crippen LogP contribution in [0.3, 0.4) is 0 Å². The molecule has 1 rings (SSSR count). The molecule has 0 fully saturated rings. The number of nitrogens with one attached hydrogen (secondary N) is 1. The summed E-state index contributed by atoms with van der Waals surface area (Å²) in [5.41, 5.74) is 1.60. The minimum Gasteiger partial charge on any atom is -0.396 e. The molecular weight excluding hydrogens is 196 g/mol. The molecule has 1 aromatic heterocycles. The van der Waals surface area contributed by atoms with E-state index in [1.807, 2.05) is 6.92 Å². The van der Waals surface area contributed by atoms with Gasteiger partial charge in [0.2, 0.25) is 5.91 Å². The molecule has 1 amide bonds. The molecule has 0 saturated heterocycles. The second-order valence-corrected chi connectivity index (χ2v) is 3.41. The summed E-state index contributed by atoms with van der Waals surface area (Å²) in [7, 11) is 0. The number of aromatic nitrogens is 1. The van der Waals surface area contributed by atoms with E-state index in [1.54, 1.807) is 6.92 Å². The highest BCUT2D eigenvalue weighted by Crippen LogP contribution is 2.12. The molecule has 0 radical (unpaired) electrons. The van der Waals surface area contributed by atoms with Crippen molar-refractivity contribution in [3.05, 3.63) is 17.0 Å². The van der Waals surface area contributed by atoms with Gasteiger partial charge in [-0.2, -0.15) is 0 Å². The van der Waals surface area contributed by atoms with Crippen LogP contribution in [-0.2, 0) is 11.2 Å². The van der Waals surface area contributed by atoms with E-state index in [0.29, 0.717) is 18.7 Å². The monoisotopic (exact) mass is 212 g/mol. The molecule has 0 spiro atoms. The van der Waals surface area contributed by atoms with Crippen molar-refractivity contribution < 1.29 is 14.4 Å². The number of aliphatic hydroxyl groups excluding tert-OH is 1. The molecule has 1 heterocycles. The van der Waals surface area contributed by atoms with Crippen molar-refractivity contribution in [3.63, 3.8) is 0 Å². The van der Waals surface area contributed by atoms with Gasteiger partial charge in [-0.3, -0.25) is 4.79 Å². The van der Waals surface area contributed by atoms with Crippen molar-refractivity contribution in [2.75, 3.05) is 13.2 Å². The average Bonchev–Trinajstić information content (AvgIpc) is 2.50. The first-order valence-corrected chi connectivity index (χ1v) is 4.94. The molecular formula is C10H16N2O3. The number of hydrogen-bond donors (Lipinski definition) is 2. The van der Waals surface area contributed by atoms with E-state index in [0.717, 1.165) is 11.3 Å². The molecule has 0 bridgehead atoms. The Kier molecular flexibility index (Phi) is 4.30. The number of carbonyl (C=O) groups is 1. The summed E-state index contributed by atoms with van der Waals surface area (Å²) in [6.07, 6.45) is 0.861. The zero-order valence-electron chi connectivity index (χ0n) is 9.04. The predicted molar refractivity (Wildman–Crippen MR) is 54.4 cm³/mol. The van der Waals surface area contributed by atoms with Gasteiger partial charge < -0.3 is 14.9 Å². The van der Waals surface area contributed by atoms with Crippen LogP contribution in [0.4, 0.5) is 0 Å². The third-order valence-electron chi connectivity index (χ3n) is 2.18. The molecule has 0 atom stereocenters. The Bertz CT molecular complexity index is 314. The largest absolute Gasteiger partial charge is 0.396 e. The SMILES string of the molecule is Cc1noc(C)c1CC(=O)NCCCO. The summed E-state index contributed by atoms with van der Waals surface area (Å²) in [5, 5.41) is 15.0. The summed E-state index contributed by atoms with van der Waals surface area (Å²) < 4.78 is 4.95. The Hall–Kier alpha value is -1.36. The van der Waals surface area contributed by atoms with Crippen molar-refractivity contribution in [1.82, 2.24) is 10.5 Å². The standard InChI is InChI=1S/C10H16N2O3/c1-7-9(8(2)15-12-7)6-10(14)11-4-3-5-13/h13H,3-6H2,1-2H3,(H,11,14). The van der Waals surface area contributed by atoms with Gasteiger partial charge in [-0.15, -0.1) is 0 Å². The zero-order chi connectivity index (χ0) is 11.3. The maximum atomic E-state index is 11.4. The maximum Gasteiger partial charge on any atom is 0.224 e. The van der Waals surface area contributed by atoms with Crippen molar-refractivity contribution >= 4 is 5.91 Å². The lowest BCUT2D eigenvalue weighted by molar-refractivity contribution is -0.120. The van der Waals surface area contributed by atoms with E-state index < -0.39 is 0 Å². The number of aliphatic hydroxyl groups is 1. The molecule has 1 aromatic rings. The van der Waals surface area contributed by atoms with Gasteiger partial charge in [0.05, 0.1) is 12.1 Å². The van der Waals surface area contributed by atoms with Crippen LogP contribution in [0, 0.1) is 13.8 Å². The van der Waals surface area contributed by atoms with Crippen molar-refractivity contribution in [1.29, 1.82) is 0 Å². The summed E-state index contributed by atoms with van der Waals surface area (Å²) in [4.78, 5) is 11.4. The molecule has 5 nitrogen and oxygen atoms in total. The molecule has 0 aromatic carbocycles. The number of aryl methyl sites for hydroxylation is 2. The van der Waals surface area contributed by atoms with Crippen molar-refractivity contribution in [2.24, 2.45) is 0 Å². The Labute approximate surface area is 88.5 Å². The summed E-state index contributed by atoms with van der Waals surface area (Å²) in [6.45, 7) is 4.19. The second kappa shape index (κ2) is 5.50. The number of rotatable bonds is 5. The Morgan fingerprint density at radius 2 is 2.27 bits per heavy atom. The van der Waals surface area contributed by atoms with Crippen LogP contribution in [0.1, 0.15) is 23.4 Å². The average molecular weight is 212 g/mol. The Balaban J connectivity index is 2.44. The Morgan fingerprint density at radius 1 is 1.53 bits per heavy atom. The predicted octanol–water partition coefficient (Wildman–Crippen LogP) is 0.333. The van der Waals surface area contributed by atoms with E-state index in [1.165, 1.54) is 0 Å². The highest BCUT2D eigenvalue weighted by Gasteiger charge is 2.12. The van der Waals surface area contributed by atoms with Gasteiger partial charge in [0.1, 0.15) is 5.76 Å². The quantitative estimate of drug-likeness (QED) is 0.690. The van der Waals surface area contributed by atoms with E-state index in [9.17, 15) is 4.79 Å². The van der Waals surface area contributed by atoms with Crippen LogP contribution in [0.15, 0.2) is 4.52 Å². The first kappa shape index (κ1) is 11.7. The van der Waals surface area contributed by atoms with Crippen LogP contribution < -0.4 is 5.32 Å². The third-order valence-corrected chi connectivity index (χ3v) is 2.18. The second-order valence-electron chi connectivity index (χ2n) is 3.41. The fourth-order valence-electron chi connectivity index (χ4n) is 1.28. The van der Waals surface area contributed by atoms with Crippen molar-refractivity contribution in [2.45, 2.75) is 26.7 Å². The summed E-state index contributed by atoms with van der Waals surface area (Å²) in [5.74, 6) is 0.614. The fourth-order valence-corrected chi connectivity index (χ4v) is 1.28. The third kappa shape index (κ3) is 3.36. The molecule has 84 valence electrons. The van der Waals surface area contributed by atoms with Crippen LogP contribution in [-0.4, -0.2) is 29.3 Å². The summed E-state index contributed by atoms with van der Waals surface area (Å²) >= 11 is 0.